The van der Waals surface area contributed by atoms with Crippen molar-refractivity contribution in [2.45, 2.75) is 26.2 Å². The first-order chi connectivity index (χ1) is 13.9. The minimum absolute atomic E-state index is 0.0953. The van der Waals surface area contributed by atoms with Gasteiger partial charge in [-0.15, -0.1) is 11.3 Å². The Labute approximate surface area is 171 Å². The summed E-state index contributed by atoms with van der Waals surface area (Å²) in [4.78, 5) is 34.0. The van der Waals surface area contributed by atoms with E-state index in [-0.39, 0.29) is 23.4 Å². The van der Waals surface area contributed by atoms with E-state index in [9.17, 15) is 18.4 Å². The quantitative estimate of drug-likeness (QED) is 0.829. The molecule has 2 heterocycles. The summed E-state index contributed by atoms with van der Waals surface area (Å²) in [5, 5.41) is 3.63. The van der Waals surface area contributed by atoms with E-state index in [0.717, 1.165) is 47.3 Å². The Hall–Kier alpha value is -2.55. The fraction of sp³-hybridized carbons (Fsp3) is 0.450. The Bertz CT molecular complexity index is 941. The first kappa shape index (κ1) is 19.8. The monoisotopic (exact) mass is 420 g/mol. The van der Waals surface area contributed by atoms with Crippen LogP contribution in [0, 0.1) is 17.6 Å². The topological polar surface area (TPSA) is 65.5 Å². The molecule has 2 aromatic rings. The summed E-state index contributed by atoms with van der Waals surface area (Å²) in [6.07, 6.45) is 1.98. The third kappa shape index (κ3) is 4.24. The van der Waals surface area contributed by atoms with Crippen LogP contribution in [0.2, 0.25) is 0 Å². The molecule has 154 valence electrons. The van der Waals surface area contributed by atoms with Crippen molar-refractivity contribution in [3.05, 3.63) is 40.4 Å². The molecule has 1 N–H and O–H groups in total. The van der Waals surface area contributed by atoms with E-state index in [2.05, 4.69) is 10.2 Å². The van der Waals surface area contributed by atoms with E-state index in [0.29, 0.717) is 25.9 Å². The van der Waals surface area contributed by atoms with Gasteiger partial charge >= 0.3 is 0 Å². The van der Waals surface area contributed by atoms with Crippen molar-refractivity contribution in [1.29, 1.82) is 0 Å². The van der Waals surface area contributed by atoms with Crippen molar-refractivity contribution in [3.8, 4) is 0 Å². The lowest BCUT2D eigenvalue weighted by Gasteiger charge is -2.33. The van der Waals surface area contributed by atoms with Crippen molar-refractivity contribution in [2.24, 2.45) is 5.92 Å². The highest BCUT2D eigenvalue weighted by Crippen LogP contribution is 2.35. The van der Waals surface area contributed by atoms with E-state index in [1.54, 1.807) is 18.3 Å². The van der Waals surface area contributed by atoms with Crippen LogP contribution in [0.3, 0.4) is 0 Å². The van der Waals surface area contributed by atoms with Gasteiger partial charge in [-0.3, -0.25) is 9.59 Å². The number of hydrogen-bond acceptors (Lipinski definition) is 5. The summed E-state index contributed by atoms with van der Waals surface area (Å²) in [6.45, 7) is 4.49. The molecule has 1 aliphatic heterocycles. The molecule has 0 unspecified atom stereocenters. The molecule has 1 atom stereocenters. The fourth-order valence-electron chi connectivity index (χ4n) is 3.75. The van der Waals surface area contributed by atoms with E-state index in [4.69, 9.17) is 4.98 Å². The Kier molecular flexibility index (Phi) is 5.49. The number of aromatic nitrogens is 1. The zero-order valence-corrected chi connectivity index (χ0v) is 16.9. The highest BCUT2D eigenvalue weighted by molar-refractivity contribution is 7.15. The minimum Gasteiger partial charge on any atom is -0.345 e. The van der Waals surface area contributed by atoms with Crippen LogP contribution in [-0.4, -0.2) is 47.9 Å². The molecule has 6 nitrogen and oxygen atoms in total. The summed E-state index contributed by atoms with van der Waals surface area (Å²) in [5.41, 5.74) is 1.30. The second-order valence-electron chi connectivity index (χ2n) is 7.42. The van der Waals surface area contributed by atoms with Gasteiger partial charge in [0.15, 0.2) is 16.8 Å². The van der Waals surface area contributed by atoms with Gasteiger partial charge in [-0.05, 0) is 31.4 Å². The van der Waals surface area contributed by atoms with Crippen molar-refractivity contribution in [2.75, 3.05) is 36.4 Å². The van der Waals surface area contributed by atoms with Gasteiger partial charge in [0.2, 0.25) is 11.8 Å². The van der Waals surface area contributed by atoms with Crippen molar-refractivity contribution in [1.82, 2.24) is 9.88 Å². The summed E-state index contributed by atoms with van der Waals surface area (Å²) in [6, 6.07) is 3.36. The maximum absolute atomic E-state index is 13.4. The lowest BCUT2D eigenvalue weighted by molar-refractivity contribution is -0.129. The van der Waals surface area contributed by atoms with Gasteiger partial charge in [0.25, 0.3) is 0 Å². The standard InChI is InChI=1S/C20H22F2N4O2S/c1-12(27)25-6-8-26(9-7-25)20-24-17-5-2-13(10-18(17)29-20)19(28)23-14-3-4-15(21)16(22)11-14/h3-4,11,13H,2,5-10H2,1H3,(H,23,28)/t13-/m0/s1. The molecule has 0 bridgehead atoms. The Morgan fingerprint density at radius 3 is 2.62 bits per heavy atom. The molecule has 9 heteroatoms. The predicted molar refractivity (Wildman–Crippen MR) is 107 cm³/mol. The van der Waals surface area contributed by atoms with Gasteiger partial charge in [0.05, 0.1) is 5.69 Å². The number of carbonyl (C=O) groups excluding carboxylic acids is 2. The van der Waals surface area contributed by atoms with E-state index < -0.39 is 11.6 Å². The first-order valence-corrected chi connectivity index (χ1v) is 10.5. The number of halogens is 2. The average Bonchev–Trinajstić information content (AvgIpc) is 3.14. The maximum atomic E-state index is 13.4. The third-order valence-electron chi connectivity index (χ3n) is 5.48. The Morgan fingerprint density at radius 2 is 1.93 bits per heavy atom. The smallest absolute Gasteiger partial charge is 0.227 e. The second kappa shape index (κ2) is 8.06. The number of amides is 2. The van der Waals surface area contributed by atoms with Gasteiger partial charge in [-0.1, -0.05) is 0 Å². The highest BCUT2D eigenvalue weighted by Gasteiger charge is 2.29. The molecule has 2 aliphatic rings. The number of carbonyl (C=O) groups is 2. The van der Waals surface area contributed by atoms with Crippen molar-refractivity contribution in [3.63, 3.8) is 0 Å². The SMILES string of the molecule is CC(=O)N1CCN(c2nc3c(s2)C[C@@H](C(=O)Nc2ccc(F)c(F)c2)CC3)CC1. The third-order valence-corrected chi connectivity index (χ3v) is 6.66. The fourth-order valence-corrected chi connectivity index (χ4v) is 4.99. The number of rotatable bonds is 3. The van der Waals surface area contributed by atoms with Crippen LogP contribution in [-0.2, 0) is 22.4 Å². The molecule has 0 spiro atoms. The lowest BCUT2D eigenvalue weighted by atomic mass is 9.90. The van der Waals surface area contributed by atoms with Crippen molar-refractivity contribution < 1.29 is 18.4 Å². The number of piperazine rings is 1. The molecule has 2 amide bonds. The van der Waals surface area contributed by atoms with Gasteiger partial charge in [0.1, 0.15) is 0 Å². The normalized spacial score (nSPS) is 19.1. The van der Waals surface area contributed by atoms with Gasteiger partial charge in [-0.2, -0.15) is 0 Å². The van der Waals surface area contributed by atoms with Crippen LogP contribution in [0.4, 0.5) is 19.6 Å². The van der Waals surface area contributed by atoms with Crippen LogP contribution in [0.1, 0.15) is 23.9 Å². The molecule has 1 aromatic carbocycles. The minimum atomic E-state index is -0.981. The molecule has 1 aliphatic carbocycles. The average molecular weight is 420 g/mol. The summed E-state index contributed by atoms with van der Waals surface area (Å²) < 4.78 is 26.4. The number of nitrogens with zero attached hydrogens (tertiary/aromatic N) is 3. The number of aryl methyl sites for hydroxylation is 1. The van der Waals surface area contributed by atoms with Crippen molar-refractivity contribution >= 4 is 34.0 Å². The molecule has 1 saturated heterocycles. The van der Waals surface area contributed by atoms with Crippen LogP contribution in [0.15, 0.2) is 18.2 Å². The van der Waals surface area contributed by atoms with Crippen LogP contribution in [0.5, 0.6) is 0 Å². The lowest BCUT2D eigenvalue weighted by Crippen LogP contribution is -2.48. The molecule has 4 rings (SSSR count). The zero-order valence-electron chi connectivity index (χ0n) is 16.1. The zero-order chi connectivity index (χ0) is 20.5. The summed E-state index contributed by atoms with van der Waals surface area (Å²) in [5.74, 6) is -2.24. The molecular formula is C20H22F2N4O2S. The van der Waals surface area contributed by atoms with E-state index in [1.165, 1.54) is 6.07 Å². The number of anilines is 2. The van der Waals surface area contributed by atoms with Gasteiger partial charge in [-0.25, -0.2) is 13.8 Å². The van der Waals surface area contributed by atoms with Crippen LogP contribution < -0.4 is 10.2 Å². The Morgan fingerprint density at radius 1 is 1.17 bits per heavy atom. The molecule has 1 fully saturated rings. The summed E-state index contributed by atoms with van der Waals surface area (Å²) >= 11 is 1.61. The van der Waals surface area contributed by atoms with E-state index >= 15 is 0 Å². The van der Waals surface area contributed by atoms with Crippen LogP contribution >= 0.6 is 11.3 Å². The molecule has 29 heavy (non-hydrogen) atoms. The van der Waals surface area contributed by atoms with Gasteiger partial charge in [0, 0.05) is 55.7 Å². The number of fused-ring (bicyclic) bond motifs is 1. The van der Waals surface area contributed by atoms with Gasteiger partial charge < -0.3 is 15.1 Å². The molecular weight excluding hydrogens is 398 g/mol. The molecule has 0 saturated carbocycles. The maximum Gasteiger partial charge on any atom is 0.227 e. The first-order valence-electron chi connectivity index (χ1n) is 9.65. The molecule has 0 radical (unpaired) electrons. The summed E-state index contributed by atoms with van der Waals surface area (Å²) in [7, 11) is 0. The molecule has 1 aromatic heterocycles. The number of hydrogen-bond donors (Lipinski definition) is 1. The highest BCUT2D eigenvalue weighted by atomic mass is 32.1. The predicted octanol–water partition coefficient (Wildman–Crippen LogP) is 2.83. The number of benzene rings is 1. The second-order valence-corrected chi connectivity index (χ2v) is 8.48. The number of nitrogens with one attached hydrogen (secondary N) is 1. The van der Waals surface area contributed by atoms with E-state index in [1.807, 2.05) is 4.90 Å². The largest absolute Gasteiger partial charge is 0.345 e. The number of thiazole rings is 1. The Balaban J connectivity index is 1.39. The van der Waals surface area contributed by atoms with Crippen LogP contribution in [0.25, 0.3) is 0 Å².